The van der Waals surface area contributed by atoms with Crippen LogP contribution in [0, 0.1) is 27.7 Å². The average Bonchev–Trinajstić information content (AvgIpc) is 2.86. The van der Waals surface area contributed by atoms with Crippen LogP contribution in [0.5, 0.6) is 0 Å². The van der Waals surface area contributed by atoms with Gasteiger partial charge in [-0.1, -0.05) is 17.7 Å². The van der Waals surface area contributed by atoms with E-state index < -0.39 is 16.0 Å². The third-order valence-electron chi connectivity index (χ3n) is 4.68. The van der Waals surface area contributed by atoms with E-state index in [0.717, 1.165) is 17.0 Å². The van der Waals surface area contributed by atoms with Gasteiger partial charge in [0.15, 0.2) is 6.61 Å². The Bertz CT molecular complexity index is 1010. The molecule has 0 saturated carbocycles. The molecule has 1 aromatic heterocycles. The molecule has 0 saturated heterocycles. The maximum Gasteiger partial charge on any atom is 0.307 e. The maximum atomic E-state index is 12.3. The predicted octanol–water partition coefficient (Wildman–Crippen LogP) is 2.35. The minimum atomic E-state index is -3.71. The van der Waals surface area contributed by atoms with E-state index in [-0.39, 0.29) is 30.3 Å². The number of esters is 1. The molecule has 2 rings (SSSR count). The quantitative estimate of drug-likeness (QED) is 0.536. The zero-order chi connectivity index (χ0) is 21.1. The number of nitrogens with zero attached hydrogens (tertiary/aromatic N) is 1. The molecule has 0 aliphatic carbocycles. The van der Waals surface area contributed by atoms with Gasteiger partial charge in [0.1, 0.15) is 0 Å². The van der Waals surface area contributed by atoms with Crippen LogP contribution in [0.4, 0.5) is 0 Å². The first-order valence-corrected chi connectivity index (χ1v) is 10.4. The first-order valence-electron chi connectivity index (χ1n) is 8.91. The summed E-state index contributed by atoms with van der Waals surface area (Å²) in [6, 6.07) is 6.79. The van der Waals surface area contributed by atoms with Crippen molar-refractivity contribution in [2.24, 2.45) is 7.05 Å². The molecule has 8 heteroatoms. The van der Waals surface area contributed by atoms with Crippen molar-refractivity contribution in [1.82, 2.24) is 9.29 Å². The first-order chi connectivity index (χ1) is 13.0. The molecule has 0 aliphatic heterocycles. The molecule has 1 aromatic carbocycles. The third-order valence-corrected chi connectivity index (χ3v) is 6.30. The minimum Gasteiger partial charge on any atom is -0.457 e. The van der Waals surface area contributed by atoms with Crippen molar-refractivity contribution in [3.63, 3.8) is 0 Å². The number of hydrogen-bond acceptors (Lipinski definition) is 5. The summed E-state index contributed by atoms with van der Waals surface area (Å²) in [5.74, 6) is -0.924. The lowest BCUT2D eigenvalue weighted by Crippen LogP contribution is -2.27. The summed E-state index contributed by atoms with van der Waals surface area (Å²) in [5.41, 5.74) is 3.86. The molecule has 28 heavy (non-hydrogen) atoms. The summed E-state index contributed by atoms with van der Waals surface area (Å²) in [5, 5.41) is 0. The highest BCUT2D eigenvalue weighted by molar-refractivity contribution is 7.89. The minimum absolute atomic E-state index is 0.105. The number of nitrogens with one attached hydrogen (secondary N) is 1. The molecule has 7 nitrogen and oxygen atoms in total. The number of carbonyl (C=O) groups is 2. The Morgan fingerprint density at radius 3 is 2.36 bits per heavy atom. The molecule has 1 heterocycles. The average molecular weight is 407 g/mol. The van der Waals surface area contributed by atoms with Gasteiger partial charge >= 0.3 is 5.97 Å². The summed E-state index contributed by atoms with van der Waals surface area (Å²) in [4.78, 5) is 24.2. The molecule has 0 spiro atoms. The topological polar surface area (TPSA) is 94.5 Å². The van der Waals surface area contributed by atoms with Crippen LogP contribution in [-0.2, 0) is 26.6 Å². The van der Waals surface area contributed by atoms with Gasteiger partial charge in [0.2, 0.25) is 15.8 Å². The molecule has 0 bridgehead atoms. The molecule has 1 N–H and O–H groups in total. The Hall–Kier alpha value is -2.45. The largest absolute Gasteiger partial charge is 0.457 e. The van der Waals surface area contributed by atoms with Gasteiger partial charge in [0.05, 0.1) is 11.3 Å². The zero-order valence-corrected chi connectivity index (χ0v) is 17.6. The molecule has 2 aromatic rings. The SMILES string of the molecule is Cc1ccc(S(=O)(=O)NCCC(=O)OCC(=O)c2cc(C)n(C)c2C)c(C)c1. The van der Waals surface area contributed by atoms with E-state index in [0.29, 0.717) is 11.1 Å². The van der Waals surface area contributed by atoms with Crippen molar-refractivity contribution in [2.45, 2.75) is 39.0 Å². The maximum absolute atomic E-state index is 12.3. The van der Waals surface area contributed by atoms with Gasteiger partial charge in [-0.25, -0.2) is 13.1 Å². The molecule has 0 amide bonds. The highest BCUT2D eigenvalue weighted by atomic mass is 32.2. The summed E-state index contributed by atoms with van der Waals surface area (Å²) in [6.07, 6.45) is -0.162. The second-order valence-corrected chi connectivity index (χ2v) is 8.58. The van der Waals surface area contributed by atoms with E-state index in [1.165, 1.54) is 6.07 Å². The number of aromatic nitrogens is 1. The van der Waals surface area contributed by atoms with Gasteiger partial charge in [-0.2, -0.15) is 0 Å². The fraction of sp³-hybridized carbons (Fsp3) is 0.400. The number of ketones is 1. The van der Waals surface area contributed by atoms with Gasteiger partial charge in [0.25, 0.3) is 0 Å². The van der Waals surface area contributed by atoms with Crippen LogP contribution in [0.3, 0.4) is 0 Å². The molecule has 0 atom stereocenters. The number of carbonyl (C=O) groups excluding carboxylic acids is 2. The summed E-state index contributed by atoms with van der Waals surface area (Å²) in [6.45, 7) is 6.84. The number of benzene rings is 1. The zero-order valence-electron chi connectivity index (χ0n) is 16.8. The number of Topliss-reactive ketones (excluding diaryl/α,β-unsaturated/α-hetero) is 1. The van der Waals surface area contributed by atoms with Crippen LogP contribution in [0.15, 0.2) is 29.2 Å². The van der Waals surface area contributed by atoms with Gasteiger partial charge in [0, 0.05) is 30.5 Å². The predicted molar refractivity (Wildman–Crippen MR) is 106 cm³/mol. The molecule has 0 fully saturated rings. The Kier molecular flexibility index (Phi) is 6.79. The molecule has 152 valence electrons. The summed E-state index contributed by atoms with van der Waals surface area (Å²) >= 11 is 0. The summed E-state index contributed by atoms with van der Waals surface area (Å²) in [7, 11) is -1.86. The molecule has 0 aliphatic rings. The Morgan fingerprint density at radius 2 is 1.79 bits per heavy atom. The smallest absolute Gasteiger partial charge is 0.307 e. The Labute approximate surface area is 165 Å². The number of sulfonamides is 1. The van der Waals surface area contributed by atoms with Crippen molar-refractivity contribution < 1.29 is 22.7 Å². The van der Waals surface area contributed by atoms with E-state index in [1.807, 2.05) is 32.4 Å². The van der Waals surface area contributed by atoms with E-state index >= 15 is 0 Å². The van der Waals surface area contributed by atoms with E-state index in [1.54, 1.807) is 25.1 Å². The van der Waals surface area contributed by atoms with E-state index in [2.05, 4.69) is 4.72 Å². The van der Waals surface area contributed by atoms with Gasteiger partial charge < -0.3 is 9.30 Å². The Morgan fingerprint density at radius 1 is 1.11 bits per heavy atom. The summed E-state index contributed by atoms with van der Waals surface area (Å²) < 4.78 is 34.0. The third kappa shape index (κ3) is 5.08. The lowest BCUT2D eigenvalue weighted by Gasteiger charge is -2.10. The van der Waals surface area contributed by atoms with E-state index in [4.69, 9.17) is 4.74 Å². The second-order valence-electron chi connectivity index (χ2n) is 6.84. The van der Waals surface area contributed by atoms with Crippen LogP contribution in [0.1, 0.15) is 39.3 Å². The lowest BCUT2D eigenvalue weighted by atomic mass is 10.1. The van der Waals surface area contributed by atoms with Crippen molar-refractivity contribution in [3.8, 4) is 0 Å². The number of aryl methyl sites for hydroxylation is 3. The monoisotopic (exact) mass is 406 g/mol. The van der Waals surface area contributed by atoms with Crippen molar-refractivity contribution in [2.75, 3.05) is 13.2 Å². The van der Waals surface area contributed by atoms with Gasteiger partial charge in [-0.3, -0.25) is 9.59 Å². The van der Waals surface area contributed by atoms with E-state index in [9.17, 15) is 18.0 Å². The molecular weight excluding hydrogens is 380 g/mol. The van der Waals surface area contributed by atoms with Gasteiger partial charge in [-0.05, 0) is 45.4 Å². The second kappa shape index (κ2) is 8.70. The number of ether oxygens (including phenoxy) is 1. The van der Waals surface area contributed by atoms with Gasteiger partial charge in [-0.15, -0.1) is 0 Å². The normalized spacial score (nSPS) is 11.5. The number of rotatable bonds is 8. The van der Waals surface area contributed by atoms with Crippen molar-refractivity contribution in [3.05, 3.63) is 52.3 Å². The van der Waals surface area contributed by atoms with Crippen LogP contribution in [0.25, 0.3) is 0 Å². The van der Waals surface area contributed by atoms with Crippen molar-refractivity contribution >= 4 is 21.8 Å². The standard InChI is InChI=1S/C20H26N2O5S/c1-13-6-7-19(14(2)10-13)28(25,26)21-9-8-20(24)27-12-18(23)17-11-15(3)22(5)16(17)4/h6-7,10-11,21H,8-9,12H2,1-5H3. The van der Waals surface area contributed by atoms with Crippen LogP contribution < -0.4 is 4.72 Å². The molecular formula is C20H26N2O5S. The van der Waals surface area contributed by atoms with Crippen molar-refractivity contribution in [1.29, 1.82) is 0 Å². The number of hydrogen-bond donors (Lipinski definition) is 1. The first kappa shape index (κ1) is 21.8. The highest BCUT2D eigenvalue weighted by Gasteiger charge is 2.18. The lowest BCUT2D eigenvalue weighted by molar-refractivity contribution is -0.142. The fourth-order valence-electron chi connectivity index (χ4n) is 2.90. The molecule has 0 radical (unpaired) electrons. The van der Waals surface area contributed by atoms with Crippen LogP contribution in [0.2, 0.25) is 0 Å². The Balaban J connectivity index is 1.85. The van der Waals surface area contributed by atoms with Crippen LogP contribution in [-0.4, -0.2) is 37.9 Å². The fourth-order valence-corrected chi connectivity index (χ4v) is 4.16. The van der Waals surface area contributed by atoms with Crippen LogP contribution >= 0.6 is 0 Å². The molecule has 0 unspecified atom stereocenters. The highest BCUT2D eigenvalue weighted by Crippen LogP contribution is 2.16.